The molecule has 0 aliphatic carbocycles. The van der Waals surface area contributed by atoms with E-state index in [1.807, 2.05) is 48.5 Å². The van der Waals surface area contributed by atoms with Gasteiger partial charge >= 0.3 is 0 Å². The van der Waals surface area contributed by atoms with Crippen LogP contribution in [0.25, 0.3) is 16.8 Å². The van der Waals surface area contributed by atoms with Gasteiger partial charge in [0.05, 0.1) is 12.0 Å². The van der Waals surface area contributed by atoms with Crippen molar-refractivity contribution in [2.24, 2.45) is 0 Å². The highest BCUT2D eigenvalue weighted by Gasteiger charge is 2.17. The van der Waals surface area contributed by atoms with E-state index >= 15 is 0 Å². The molecule has 4 rings (SSSR count). The molecule has 8 heteroatoms. The zero-order valence-corrected chi connectivity index (χ0v) is 19.3. The molecule has 8 nitrogen and oxygen atoms in total. The first-order valence-corrected chi connectivity index (χ1v) is 10.9. The number of nitrogens with zero attached hydrogens (tertiary/aromatic N) is 2. The van der Waals surface area contributed by atoms with Gasteiger partial charge in [0, 0.05) is 6.07 Å². The molecule has 36 heavy (non-hydrogen) atoms. The fraction of sp³-hybridized carbons (Fsp3) is 0.0714. The van der Waals surface area contributed by atoms with Crippen LogP contribution in [0.1, 0.15) is 11.1 Å². The van der Waals surface area contributed by atoms with E-state index in [0.717, 1.165) is 16.3 Å². The number of benzene rings is 4. The maximum Gasteiger partial charge on any atom is 0.292 e. The van der Waals surface area contributed by atoms with Crippen molar-refractivity contribution in [1.82, 2.24) is 0 Å². The third kappa shape index (κ3) is 5.32. The Bertz CT molecular complexity index is 1520. The summed E-state index contributed by atoms with van der Waals surface area (Å²) >= 11 is 0. The van der Waals surface area contributed by atoms with Gasteiger partial charge in [-0.2, -0.15) is 5.26 Å². The van der Waals surface area contributed by atoms with Gasteiger partial charge in [-0.25, -0.2) is 0 Å². The Balaban J connectivity index is 1.58. The molecule has 0 aliphatic heterocycles. The molecule has 0 aliphatic rings. The molecular formula is C28H21N3O5. The number of nitro benzene ring substituents is 1. The zero-order chi connectivity index (χ0) is 25.5. The summed E-state index contributed by atoms with van der Waals surface area (Å²) in [5.41, 5.74) is 1.04. The third-order valence-electron chi connectivity index (χ3n) is 5.48. The fourth-order valence-electron chi connectivity index (χ4n) is 3.71. The second-order valence-electron chi connectivity index (χ2n) is 7.74. The molecule has 0 saturated carbocycles. The van der Waals surface area contributed by atoms with Gasteiger partial charge in [-0.15, -0.1) is 0 Å². The van der Waals surface area contributed by atoms with Gasteiger partial charge < -0.3 is 14.8 Å². The smallest absolute Gasteiger partial charge is 0.292 e. The predicted octanol–water partition coefficient (Wildman–Crippen LogP) is 5.88. The summed E-state index contributed by atoms with van der Waals surface area (Å²) in [6.45, 7) is 0.286. The highest BCUT2D eigenvalue weighted by molar-refractivity contribution is 6.10. The Kier molecular flexibility index (Phi) is 7.22. The summed E-state index contributed by atoms with van der Waals surface area (Å²) in [6, 6.07) is 26.6. The number of anilines is 1. The summed E-state index contributed by atoms with van der Waals surface area (Å²) in [6.07, 6.45) is 1.38. The number of nitrogens with one attached hydrogen (secondary N) is 1. The van der Waals surface area contributed by atoms with Crippen LogP contribution in [0.5, 0.6) is 11.5 Å². The number of nitro groups is 1. The Morgan fingerprint density at radius 2 is 1.78 bits per heavy atom. The molecule has 0 bridgehead atoms. The first kappa shape index (κ1) is 24.0. The van der Waals surface area contributed by atoms with E-state index in [1.165, 1.54) is 31.4 Å². The third-order valence-corrected chi connectivity index (χ3v) is 5.48. The number of hydrogen-bond donors (Lipinski definition) is 1. The second-order valence-corrected chi connectivity index (χ2v) is 7.74. The summed E-state index contributed by atoms with van der Waals surface area (Å²) in [5, 5.41) is 25.4. The van der Waals surface area contributed by atoms with E-state index < -0.39 is 10.8 Å². The van der Waals surface area contributed by atoms with E-state index in [0.29, 0.717) is 17.1 Å². The van der Waals surface area contributed by atoms with Gasteiger partial charge in [0.2, 0.25) is 0 Å². The van der Waals surface area contributed by atoms with Crippen LogP contribution in [-0.4, -0.2) is 17.9 Å². The van der Waals surface area contributed by atoms with Crippen molar-refractivity contribution < 1.29 is 19.2 Å². The number of ether oxygens (including phenoxy) is 2. The highest BCUT2D eigenvalue weighted by atomic mass is 16.6. The summed E-state index contributed by atoms with van der Waals surface area (Å²) in [4.78, 5) is 23.3. The van der Waals surface area contributed by atoms with Gasteiger partial charge in [0.1, 0.15) is 23.9 Å². The molecule has 0 fully saturated rings. The number of fused-ring (bicyclic) bond motifs is 1. The average molecular weight is 479 g/mol. The Hall–Kier alpha value is -5.16. The van der Waals surface area contributed by atoms with Gasteiger partial charge in [-0.05, 0) is 46.2 Å². The monoisotopic (exact) mass is 479 g/mol. The maximum absolute atomic E-state index is 12.7. The molecule has 0 heterocycles. The molecule has 0 aromatic heterocycles. The first-order valence-electron chi connectivity index (χ1n) is 10.9. The fourth-order valence-corrected chi connectivity index (χ4v) is 3.71. The number of hydrogen-bond acceptors (Lipinski definition) is 6. The van der Waals surface area contributed by atoms with E-state index in [-0.39, 0.29) is 23.6 Å². The Labute approximate surface area is 207 Å². The van der Waals surface area contributed by atoms with Crippen molar-refractivity contribution in [3.05, 3.63) is 112 Å². The minimum Gasteiger partial charge on any atom is -0.493 e. The van der Waals surface area contributed by atoms with Crippen molar-refractivity contribution in [1.29, 1.82) is 5.26 Å². The number of methoxy groups -OCH3 is 1. The van der Waals surface area contributed by atoms with E-state index in [4.69, 9.17) is 9.47 Å². The highest BCUT2D eigenvalue weighted by Crippen LogP contribution is 2.31. The number of carbonyl (C=O) groups excluding carboxylic acids is 1. The molecule has 0 radical (unpaired) electrons. The largest absolute Gasteiger partial charge is 0.493 e. The second kappa shape index (κ2) is 10.8. The van der Waals surface area contributed by atoms with Crippen molar-refractivity contribution >= 4 is 34.1 Å². The normalized spacial score (nSPS) is 10.9. The van der Waals surface area contributed by atoms with Gasteiger partial charge in [-0.3, -0.25) is 14.9 Å². The standard InChI is InChI=1S/C28H21N3O5/c1-35-26-14-13-19(15-22(17-29)28(32)30-24-11-4-5-12-25(24)31(33)34)16-27(26)36-18-21-9-6-8-20-7-2-3-10-23(20)21/h2-16H,18H2,1H3,(H,30,32)/b22-15-. The van der Waals surface area contributed by atoms with Crippen LogP contribution < -0.4 is 14.8 Å². The van der Waals surface area contributed by atoms with Crippen molar-refractivity contribution in [3.8, 4) is 17.6 Å². The van der Waals surface area contributed by atoms with Crippen molar-refractivity contribution in [2.45, 2.75) is 6.61 Å². The predicted molar refractivity (Wildman–Crippen MR) is 137 cm³/mol. The SMILES string of the molecule is COc1ccc(/C=C(/C#N)C(=O)Nc2ccccc2[N+](=O)[O-])cc1OCc1cccc2ccccc12. The minimum atomic E-state index is -0.763. The lowest BCUT2D eigenvalue weighted by Gasteiger charge is -2.13. The molecule has 1 amide bonds. The Morgan fingerprint density at radius 3 is 2.56 bits per heavy atom. The molecule has 0 unspecified atom stereocenters. The minimum absolute atomic E-state index is 0.00231. The van der Waals surface area contributed by atoms with Crippen LogP contribution in [0.15, 0.2) is 90.5 Å². The lowest BCUT2D eigenvalue weighted by molar-refractivity contribution is -0.383. The molecule has 0 saturated heterocycles. The van der Waals surface area contributed by atoms with Gasteiger partial charge in [0.15, 0.2) is 11.5 Å². The molecule has 0 atom stereocenters. The van der Waals surface area contributed by atoms with Crippen molar-refractivity contribution in [3.63, 3.8) is 0 Å². The number of carbonyl (C=O) groups is 1. The molecule has 4 aromatic carbocycles. The van der Waals surface area contributed by atoms with E-state index in [2.05, 4.69) is 5.32 Å². The lowest BCUT2D eigenvalue weighted by Crippen LogP contribution is -2.14. The van der Waals surface area contributed by atoms with Crippen LogP contribution in [-0.2, 0) is 11.4 Å². The quantitative estimate of drug-likeness (QED) is 0.146. The maximum atomic E-state index is 12.7. The summed E-state index contributed by atoms with van der Waals surface area (Å²) in [5.74, 6) is 0.173. The molecule has 178 valence electrons. The topological polar surface area (TPSA) is 114 Å². The first-order chi connectivity index (χ1) is 17.5. The number of amides is 1. The van der Waals surface area contributed by atoms with Gasteiger partial charge in [-0.1, -0.05) is 60.7 Å². The van der Waals surface area contributed by atoms with E-state index in [1.54, 1.807) is 24.3 Å². The zero-order valence-electron chi connectivity index (χ0n) is 19.3. The van der Waals surface area contributed by atoms with Crippen LogP contribution in [0, 0.1) is 21.4 Å². The molecule has 4 aromatic rings. The lowest BCUT2D eigenvalue weighted by atomic mass is 10.1. The summed E-state index contributed by atoms with van der Waals surface area (Å²) in [7, 11) is 1.52. The van der Waals surface area contributed by atoms with E-state index in [9.17, 15) is 20.2 Å². The summed E-state index contributed by atoms with van der Waals surface area (Å²) < 4.78 is 11.5. The van der Waals surface area contributed by atoms with Crippen LogP contribution in [0.2, 0.25) is 0 Å². The number of rotatable bonds is 8. The molecule has 0 spiro atoms. The van der Waals surface area contributed by atoms with Crippen LogP contribution in [0.3, 0.4) is 0 Å². The Morgan fingerprint density at radius 1 is 1.03 bits per heavy atom. The van der Waals surface area contributed by atoms with Crippen molar-refractivity contribution in [2.75, 3.05) is 12.4 Å². The van der Waals surface area contributed by atoms with Gasteiger partial charge in [0.25, 0.3) is 11.6 Å². The number of nitriles is 1. The van der Waals surface area contributed by atoms with Crippen LogP contribution in [0.4, 0.5) is 11.4 Å². The number of para-hydroxylation sites is 2. The van der Waals surface area contributed by atoms with Crippen LogP contribution >= 0.6 is 0 Å². The molecule has 1 N–H and O–H groups in total. The molecular weight excluding hydrogens is 458 g/mol. The average Bonchev–Trinajstić information content (AvgIpc) is 2.90.